The molecule has 0 bridgehead atoms. The van der Waals surface area contributed by atoms with Gasteiger partial charge in [0, 0.05) is 5.69 Å². The van der Waals surface area contributed by atoms with Crippen molar-refractivity contribution >= 4 is 15.7 Å². The highest BCUT2D eigenvalue weighted by Gasteiger charge is 2.17. The van der Waals surface area contributed by atoms with E-state index in [4.69, 9.17) is 0 Å². The number of hydrogen-bond donors (Lipinski definition) is 2. The lowest BCUT2D eigenvalue weighted by Gasteiger charge is -2.20. The first-order valence-corrected chi connectivity index (χ1v) is 10.9. The van der Waals surface area contributed by atoms with E-state index >= 15 is 0 Å². The number of sulfonamides is 1. The Hall–Kier alpha value is -2.89. The van der Waals surface area contributed by atoms with E-state index in [1.165, 1.54) is 6.08 Å². The first-order chi connectivity index (χ1) is 14.0. The van der Waals surface area contributed by atoms with Crippen LogP contribution in [0.1, 0.15) is 23.5 Å². The maximum atomic E-state index is 12.5. The molecule has 0 aliphatic rings. The summed E-state index contributed by atoms with van der Waals surface area (Å²) in [6.45, 7) is 3.66. The second kappa shape index (κ2) is 9.54. The van der Waals surface area contributed by atoms with E-state index in [2.05, 4.69) is 17.4 Å². The van der Waals surface area contributed by atoms with Crippen LogP contribution in [0.4, 0.5) is 5.69 Å². The Morgan fingerprint density at radius 1 is 1.03 bits per heavy atom. The van der Waals surface area contributed by atoms with Gasteiger partial charge in [-0.2, -0.15) is 0 Å². The van der Waals surface area contributed by atoms with Gasteiger partial charge in [-0.15, -0.1) is 6.58 Å². The van der Waals surface area contributed by atoms with E-state index in [1.807, 2.05) is 36.4 Å². The van der Waals surface area contributed by atoms with E-state index in [9.17, 15) is 13.5 Å². The van der Waals surface area contributed by atoms with Gasteiger partial charge in [-0.1, -0.05) is 60.7 Å². The van der Waals surface area contributed by atoms with E-state index in [0.29, 0.717) is 12.1 Å². The fourth-order valence-electron chi connectivity index (χ4n) is 3.20. The Kier molecular flexibility index (Phi) is 6.86. The Bertz CT molecular complexity index is 1020. The Balaban J connectivity index is 1.78. The van der Waals surface area contributed by atoms with Gasteiger partial charge in [0.1, 0.15) is 0 Å². The molecular formula is C24H24NO3S. The van der Waals surface area contributed by atoms with Crippen LogP contribution in [-0.4, -0.2) is 19.6 Å². The third kappa shape index (κ3) is 5.79. The van der Waals surface area contributed by atoms with Gasteiger partial charge >= 0.3 is 0 Å². The fraction of sp³-hybridized carbons (Fsp3) is 0.167. The van der Waals surface area contributed by atoms with Crippen LogP contribution in [0.15, 0.2) is 96.4 Å². The standard InChI is InChI=1S/C24H24NO3S/c1-2-23(26)18-21(17-19-9-5-3-6-10-19)20-13-15-22(16-14-20)25-29(27,28)24-11-7-4-8-12-24/h2-5,7-16,21,23,25-26H,1,17-18H2/t21-,23+/m1/s1. The minimum atomic E-state index is -3.63. The van der Waals surface area contributed by atoms with Crippen molar-refractivity contribution in [1.82, 2.24) is 0 Å². The topological polar surface area (TPSA) is 66.4 Å². The molecule has 1 radical (unpaired) electrons. The van der Waals surface area contributed by atoms with Crippen LogP contribution in [0.25, 0.3) is 0 Å². The molecule has 0 unspecified atom stereocenters. The Morgan fingerprint density at radius 3 is 2.38 bits per heavy atom. The summed E-state index contributed by atoms with van der Waals surface area (Å²) in [5.74, 6) is 0.0681. The number of benzene rings is 3. The number of anilines is 1. The average Bonchev–Trinajstić information content (AvgIpc) is 2.75. The molecule has 3 rings (SSSR count). The van der Waals surface area contributed by atoms with Gasteiger partial charge in [0.05, 0.1) is 11.0 Å². The van der Waals surface area contributed by atoms with Gasteiger partial charge < -0.3 is 5.11 Å². The molecule has 0 amide bonds. The second-order valence-corrected chi connectivity index (χ2v) is 8.57. The maximum absolute atomic E-state index is 12.5. The first-order valence-electron chi connectivity index (χ1n) is 9.41. The summed E-state index contributed by atoms with van der Waals surface area (Å²) in [5.41, 5.74) is 2.65. The normalized spacial score (nSPS) is 13.4. The zero-order chi connectivity index (χ0) is 20.7. The van der Waals surface area contributed by atoms with Crippen molar-refractivity contribution in [3.8, 4) is 0 Å². The number of rotatable bonds is 9. The lowest BCUT2D eigenvalue weighted by atomic mass is 9.87. The summed E-state index contributed by atoms with van der Waals surface area (Å²) >= 11 is 0. The molecule has 3 aromatic carbocycles. The van der Waals surface area contributed by atoms with Crippen molar-refractivity contribution in [2.45, 2.75) is 29.8 Å². The van der Waals surface area contributed by atoms with E-state index in [-0.39, 0.29) is 10.8 Å². The molecule has 3 aromatic rings. The third-order valence-electron chi connectivity index (χ3n) is 4.74. The molecule has 0 aliphatic heterocycles. The number of aliphatic hydroxyl groups excluding tert-OH is 1. The van der Waals surface area contributed by atoms with Crippen molar-refractivity contribution in [2.24, 2.45) is 0 Å². The molecule has 0 aromatic heterocycles. The van der Waals surface area contributed by atoms with Crippen LogP contribution >= 0.6 is 0 Å². The summed E-state index contributed by atoms with van der Waals surface area (Å²) in [7, 11) is -3.63. The van der Waals surface area contributed by atoms with E-state index in [1.54, 1.807) is 42.5 Å². The van der Waals surface area contributed by atoms with Crippen LogP contribution < -0.4 is 4.72 Å². The van der Waals surface area contributed by atoms with Gasteiger partial charge in [0.25, 0.3) is 10.0 Å². The number of hydrogen-bond acceptors (Lipinski definition) is 3. The quantitative estimate of drug-likeness (QED) is 0.512. The molecule has 5 heteroatoms. The number of aliphatic hydroxyl groups is 1. The van der Waals surface area contributed by atoms with E-state index < -0.39 is 16.1 Å². The van der Waals surface area contributed by atoms with Crippen LogP contribution in [0.5, 0.6) is 0 Å². The molecule has 0 spiro atoms. The zero-order valence-corrected chi connectivity index (χ0v) is 16.8. The predicted octanol–water partition coefficient (Wildman–Crippen LogP) is 4.55. The van der Waals surface area contributed by atoms with Gasteiger partial charge in [-0.05, 0) is 60.2 Å². The van der Waals surface area contributed by atoms with Gasteiger partial charge in [-0.25, -0.2) is 8.42 Å². The lowest BCUT2D eigenvalue weighted by molar-refractivity contribution is 0.201. The molecule has 0 heterocycles. The van der Waals surface area contributed by atoms with Gasteiger partial charge in [0.2, 0.25) is 0 Å². The molecule has 2 N–H and O–H groups in total. The monoisotopic (exact) mass is 406 g/mol. The maximum Gasteiger partial charge on any atom is 0.261 e. The van der Waals surface area contributed by atoms with Crippen molar-refractivity contribution in [2.75, 3.05) is 4.72 Å². The molecule has 149 valence electrons. The first kappa shape index (κ1) is 20.8. The predicted molar refractivity (Wildman–Crippen MR) is 116 cm³/mol. The zero-order valence-electron chi connectivity index (χ0n) is 16.0. The molecule has 0 aliphatic carbocycles. The van der Waals surface area contributed by atoms with Crippen molar-refractivity contribution in [1.29, 1.82) is 0 Å². The van der Waals surface area contributed by atoms with Gasteiger partial charge in [0.15, 0.2) is 0 Å². The lowest BCUT2D eigenvalue weighted by Crippen LogP contribution is -2.14. The minimum absolute atomic E-state index is 0.0681. The highest BCUT2D eigenvalue weighted by atomic mass is 32.2. The summed E-state index contributed by atoms with van der Waals surface area (Å²) < 4.78 is 27.6. The summed E-state index contributed by atoms with van der Waals surface area (Å²) in [6, 6.07) is 26.4. The summed E-state index contributed by atoms with van der Waals surface area (Å²) in [6.07, 6.45) is 2.21. The Morgan fingerprint density at radius 2 is 1.76 bits per heavy atom. The molecule has 0 saturated heterocycles. The van der Waals surface area contributed by atoms with Crippen LogP contribution in [0.2, 0.25) is 0 Å². The SMILES string of the molecule is C=C[C@H](O)C[C@@H](Cc1c[c]ccc1)c1ccc(NS(=O)(=O)c2ccccc2)cc1. The summed E-state index contributed by atoms with van der Waals surface area (Å²) in [4.78, 5) is 0.219. The van der Waals surface area contributed by atoms with Crippen LogP contribution in [0.3, 0.4) is 0 Å². The molecular weight excluding hydrogens is 382 g/mol. The highest BCUT2D eigenvalue weighted by molar-refractivity contribution is 7.92. The smallest absolute Gasteiger partial charge is 0.261 e. The molecule has 4 nitrogen and oxygen atoms in total. The minimum Gasteiger partial charge on any atom is -0.389 e. The second-order valence-electron chi connectivity index (χ2n) is 6.89. The number of nitrogens with one attached hydrogen (secondary N) is 1. The fourth-order valence-corrected chi connectivity index (χ4v) is 4.28. The average molecular weight is 407 g/mol. The summed E-state index contributed by atoms with van der Waals surface area (Å²) in [5, 5.41) is 10.1. The molecule has 29 heavy (non-hydrogen) atoms. The van der Waals surface area contributed by atoms with Gasteiger partial charge in [-0.3, -0.25) is 4.72 Å². The third-order valence-corrected chi connectivity index (χ3v) is 6.14. The van der Waals surface area contributed by atoms with Crippen molar-refractivity contribution in [3.63, 3.8) is 0 Å². The van der Waals surface area contributed by atoms with Crippen molar-refractivity contribution < 1.29 is 13.5 Å². The van der Waals surface area contributed by atoms with Crippen LogP contribution in [0, 0.1) is 6.07 Å². The highest BCUT2D eigenvalue weighted by Crippen LogP contribution is 2.28. The van der Waals surface area contributed by atoms with Crippen LogP contribution in [-0.2, 0) is 16.4 Å². The van der Waals surface area contributed by atoms with E-state index in [0.717, 1.165) is 17.5 Å². The van der Waals surface area contributed by atoms with Crippen molar-refractivity contribution in [3.05, 3.63) is 109 Å². The largest absolute Gasteiger partial charge is 0.389 e. The Labute approximate surface area is 172 Å². The molecule has 0 fully saturated rings. The molecule has 0 saturated carbocycles. The molecule has 2 atom stereocenters.